The molecule has 1 aliphatic rings. The van der Waals surface area contributed by atoms with Crippen LogP contribution < -0.4 is 5.32 Å². The number of nitrogens with one attached hydrogen (secondary N) is 1. The molecular weight excluding hydrogens is 192 g/mol. The fourth-order valence-electron chi connectivity index (χ4n) is 1.65. The Morgan fingerprint density at radius 2 is 1.87 bits per heavy atom. The molecule has 2 atom stereocenters. The minimum Gasteiger partial charge on any atom is -0.394 e. The first-order valence-electron chi connectivity index (χ1n) is 4.96. The van der Waals surface area contributed by atoms with E-state index in [2.05, 4.69) is 10.3 Å². The van der Waals surface area contributed by atoms with Crippen LogP contribution in [0.25, 0.3) is 0 Å². The van der Waals surface area contributed by atoms with E-state index in [9.17, 15) is 0 Å². The molecule has 0 amide bonds. The van der Waals surface area contributed by atoms with Crippen LogP contribution in [-0.4, -0.2) is 41.3 Å². The number of benzene rings is 1. The van der Waals surface area contributed by atoms with Crippen LogP contribution in [0.3, 0.4) is 0 Å². The van der Waals surface area contributed by atoms with Gasteiger partial charge in [0.25, 0.3) is 0 Å². The standard InChI is InChI=1S/C11H14N2O2/c14-6-9-10(7-15)13-11(12-9)8-4-2-1-3-5-8/h1-5,9-10,14-15H,6-7H2,(H,12,13). The lowest BCUT2D eigenvalue weighted by Crippen LogP contribution is -2.39. The Morgan fingerprint density at radius 1 is 1.13 bits per heavy atom. The van der Waals surface area contributed by atoms with Gasteiger partial charge in [-0.25, -0.2) is 0 Å². The van der Waals surface area contributed by atoms with E-state index in [0.717, 1.165) is 11.4 Å². The number of rotatable bonds is 3. The number of nitrogens with zero attached hydrogens (tertiary/aromatic N) is 1. The second-order valence-corrected chi connectivity index (χ2v) is 3.53. The van der Waals surface area contributed by atoms with Crippen LogP contribution in [0, 0.1) is 0 Å². The van der Waals surface area contributed by atoms with Crippen molar-refractivity contribution in [1.82, 2.24) is 5.32 Å². The van der Waals surface area contributed by atoms with Gasteiger partial charge >= 0.3 is 0 Å². The maximum Gasteiger partial charge on any atom is 0.129 e. The molecule has 1 aromatic rings. The van der Waals surface area contributed by atoms with Crippen molar-refractivity contribution >= 4 is 5.84 Å². The molecule has 80 valence electrons. The highest BCUT2D eigenvalue weighted by Crippen LogP contribution is 2.11. The summed E-state index contributed by atoms with van der Waals surface area (Å²) in [5.41, 5.74) is 0.979. The first-order valence-corrected chi connectivity index (χ1v) is 4.96. The summed E-state index contributed by atoms with van der Waals surface area (Å²) in [6.45, 7) is -0.0698. The van der Waals surface area contributed by atoms with Gasteiger partial charge in [-0.1, -0.05) is 30.3 Å². The normalized spacial score (nSPS) is 24.8. The third kappa shape index (κ3) is 2.00. The SMILES string of the molecule is OCC1N=C(c2ccccc2)NC1CO. The molecule has 4 heteroatoms. The summed E-state index contributed by atoms with van der Waals surface area (Å²) < 4.78 is 0. The van der Waals surface area contributed by atoms with Gasteiger partial charge in [0, 0.05) is 5.56 Å². The lowest BCUT2D eigenvalue weighted by molar-refractivity contribution is 0.199. The molecule has 2 rings (SSSR count). The number of aliphatic hydroxyl groups is 2. The number of hydrogen-bond donors (Lipinski definition) is 3. The van der Waals surface area contributed by atoms with Crippen molar-refractivity contribution in [1.29, 1.82) is 0 Å². The van der Waals surface area contributed by atoms with Crippen LogP contribution in [-0.2, 0) is 0 Å². The molecule has 1 aromatic carbocycles. The zero-order chi connectivity index (χ0) is 10.7. The quantitative estimate of drug-likeness (QED) is 0.639. The molecule has 0 spiro atoms. The van der Waals surface area contributed by atoms with Gasteiger partial charge in [-0.15, -0.1) is 0 Å². The minimum atomic E-state index is -0.245. The maximum atomic E-state index is 9.09. The third-order valence-electron chi connectivity index (χ3n) is 2.51. The van der Waals surface area contributed by atoms with Crippen molar-refractivity contribution < 1.29 is 10.2 Å². The fourth-order valence-corrected chi connectivity index (χ4v) is 1.65. The van der Waals surface area contributed by atoms with E-state index in [1.165, 1.54) is 0 Å². The molecule has 1 heterocycles. The third-order valence-corrected chi connectivity index (χ3v) is 2.51. The molecule has 0 aliphatic carbocycles. The van der Waals surface area contributed by atoms with E-state index in [-0.39, 0.29) is 25.3 Å². The summed E-state index contributed by atoms with van der Waals surface area (Å²) in [6, 6.07) is 9.27. The summed E-state index contributed by atoms with van der Waals surface area (Å²) in [6.07, 6.45) is 0. The molecule has 0 saturated carbocycles. The van der Waals surface area contributed by atoms with Crippen molar-refractivity contribution in [2.75, 3.05) is 13.2 Å². The van der Waals surface area contributed by atoms with Crippen LogP contribution in [0.1, 0.15) is 5.56 Å². The number of hydrogen-bond acceptors (Lipinski definition) is 4. The van der Waals surface area contributed by atoms with Gasteiger partial charge < -0.3 is 15.5 Å². The maximum absolute atomic E-state index is 9.09. The molecule has 0 radical (unpaired) electrons. The Hall–Kier alpha value is -1.39. The Bertz CT molecular complexity index is 351. The zero-order valence-electron chi connectivity index (χ0n) is 8.30. The van der Waals surface area contributed by atoms with Gasteiger partial charge in [0.05, 0.1) is 25.3 Å². The van der Waals surface area contributed by atoms with Crippen molar-refractivity contribution in [3.63, 3.8) is 0 Å². The predicted molar refractivity (Wildman–Crippen MR) is 57.9 cm³/mol. The first kappa shape index (κ1) is 10.1. The average Bonchev–Trinajstić information content (AvgIpc) is 2.73. The first-order chi connectivity index (χ1) is 7.35. The smallest absolute Gasteiger partial charge is 0.129 e. The van der Waals surface area contributed by atoms with Gasteiger partial charge in [0.2, 0.25) is 0 Å². The summed E-state index contributed by atoms with van der Waals surface area (Å²) >= 11 is 0. The van der Waals surface area contributed by atoms with Crippen LogP contribution in [0.2, 0.25) is 0 Å². The molecule has 2 unspecified atom stereocenters. The predicted octanol–water partition coefficient (Wildman–Crippen LogP) is -0.242. The van der Waals surface area contributed by atoms with E-state index < -0.39 is 0 Å². The van der Waals surface area contributed by atoms with Crippen LogP contribution >= 0.6 is 0 Å². The largest absolute Gasteiger partial charge is 0.394 e. The lowest BCUT2D eigenvalue weighted by Gasteiger charge is -2.13. The molecule has 4 nitrogen and oxygen atoms in total. The highest BCUT2D eigenvalue weighted by molar-refractivity contribution is 6.00. The van der Waals surface area contributed by atoms with E-state index in [0.29, 0.717) is 0 Å². The van der Waals surface area contributed by atoms with E-state index in [1.807, 2.05) is 30.3 Å². The second-order valence-electron chi connectivity index (χ2n) is 3.53. The Morgan fingerprint density at radius 3 is 2.40 bits per heavy atom. The zero-order valence-corrected chi connectivity index (χ0v) is 8.30. The topological polar surface area (TPSA) is 64.9 Å². The van der Waals surface area contributed by atoms with Crippen LogP contribution in [0.5, 0.6) is 0 Å². The highest BCUT2D eigenvalue weighted by atomic mass is 16.3. The van der Waals surface area contributed by atoms with E-state index in [4.69, 9.17) is 10.2 Å². The molecule has 0 bridgehead atoms. The van der Waals surface area contributed by atoms with Gasteiger partial charge in [-0.05, 0) is 0 Å². The number of amidine groups is 1. The lowest BCUT2D eigenvalue weighted by atomic mass is 10.1. The molecular formula is C11H14N2O2. The van der Waals surface area contributed by atoms with Gasteiger partial charge in [-0.3, -0.25) is 4.99 Å². The molecule has 0 saturated heterocycles. The highest BCUT2D eigenvalue weighted by Gasteiger charge is 2.27. The van der Waals surface area contributed by atoms with Crippen LogP contribution in [0.4, 0.5) is 0 Å². The molecule has 0 fully saturated rings. The Kier molecular flexibility index (Phi) is 2.99. The number of aliphatic hydroxyl groups excluding tert-OH is 2. The molecule has 3 N–H and O–H groups in total. The van der Waals surface area contributed by atoms with Gasteiger partial charge in [0.1, 0.15) is 5.84 Å². The molecule has 0 aromatic heterocycles. The fraction of sp³-hybridized carbons (Fsp3) is 0.364. The number of aliphatic imine (C=N–C) groups is 1. The minimum absolute atomic E-state index is 0.0228. The van der Waals surface area contributed by atoms with Crippen molar-refractivity contribution in [3.05, 3.63) is 35.9 Å². The average molecular weight is 206 g/mol. The van der Waals surface area contributed by atoms with Gasteiger partial charge in [0.15, 0.2) is 0 Å². The van der Waals surface area contributed by atoms with Crippen molar-refractivity contribution in [2.24, 2.45) is 4.99 Å². The summed E-state index contributed by atoms with van der Waals surface area (Å²) in [4.78, 5) is 4.32. The van der Waals surface area contributed by atoms with E-state index >= 15 is 0 Å². The molecule has 1 aliphatic heterocycles. The van der Waals surface area contributed by atoms with Gasteiger partial charge in [-0.2, -0.15) is 0 Å². The summed E-state index contributed by atoms with van der Waals surface area (Å²) in [5, 5.41) is 21.3. The van der Waals surface area contributed by atoms with Crippen molar-refractivity contribution in [3.8, 4) is 0 Å². The molecule has 15 heavy (non-hydrogen) atoms. The summed E-state index contributed by atoms with van der Waals surface area (Å²) in [7, 11) is 0. The Balaban J connectivity index is 2.19. The second kappa shape index (κ2) is 4.42. The van der Waals surface area contributed by atoms with Crippen molar-refractivity contribution in [2.45, 2.75) is 12.1 Å². The van der Waals surface area contributed by atoms with Crippen LogP contribution in [0.15, 0.2) is 35.3 Å². The van der Waals surface area contributed by atoms with E-state index in [1.54, 1.807) is 0 Å². The Labute approximate surface area is 88.3 Å². The monoisotopic (exact) mass is 206 g/mol. The summed E-state index contributed by atoms with van der Waals surface area (Å²) in [5.74, 6) is 0.744.